The number of morpholine rings is 1. The predicted molar refractivity (Wildman–Crippen MR) is 157 cm³/mol. The SMILES string of the molecule is Cc1cccc(C(=O)Nc2cc(C(=O)NC(CC(=O)O)c3ccc(Cl)c(Cl)c3)ccc2N2C(C)COCC2C)c1. The number of anilines is 2. The van der Waals surface area contributed by atoms with Gasteiger partial charge < -0.3 is 25.4 Å². The number of rotatable bonds is 8. The maximum atomic E-state index is 13.4. The molecule has 0 aromatic heterocycles. The lowest BCUT2D eigenvalue weighted by molar-refractivity contribution is -0.137. The molecule has 4 rings (SSSR count). The van der Waals surface area contributed by atoms with Crippen LogP contribution in [0.15, 0.2) is 60.7 Å². The number of benzene rings is 3. The van der Waals surface area contributed by atoms with Crippen molar-refractivity contribution in [1.29, 1.82) is 0 Å². The molecule has 0 radical (unpaired) electrons. The average Bonchev–Trinajstić information content (AvgIpc) is 2.90. The smallest absolute Gasteiger partial charge is 0.305 e. The second kappa shape index (κ2) is 12.7. The summed E-state index contributed by atoms with van der Waals surface area (Å²) < 4.78 is 5.69. The van der Waals surface area contributed by atoms with Crippen LogP contribution >= 0.6 is 23.2 Å². The molecular formula is C30H31Cl2N3O5. The molecule has 3 aromatic rings. The Balaban J connectivity index is 1.68. The number of nitrogens with one attached hydrogen (secondary N) is 2. The van der Waals surface area contributed by atoms with Crippen LogP contribution in [-0.4, -0.2) is 48.2 Å². The van der Waals surface area contributed by atoms with Gasteiger partial charge in [0.25, 0.3) is 11.8 Å². The van der Waals surface area contributed by atoms with Crippen LogP contribution in [0.25, 0.3) is 0 Å². The van der Waals surface area contributed by atoms with Crippen molar-refractivity contribution in [3.05, 3.63) is 93.0 Å². The van der Waals surface area contributed by atoms with Crippen LogP contribution in [0.4, 0.5) is 11.4 Å². The molecule has 10 heteroatoms. The van der Waals surface area contributed by atoms with Gasteiger partial charge >= 0.3 is 5.97 Å². The topological polar surface area (TPSA) is 108 Å². The van der Waals surface area contributed by atoms with Crippen molar-refractivity contribution < 1.29 is 24.2 Å². The number of aliphatic carboxylic acids is 1. The summed E-state index contributed by atoms with van der Waals surface area (Å²) in [6, 6.07) is 16.2. The molecule has 3 unspecified atom stereocenters. The van der Waals surface area contributed by atoms with E-state index in [1.165, 1.54) is 6.07 Å². The van der Waals surface area contributed by atoms with Gasteiger partial charge in [0.2, 0.25) is 0 Å². The Morgan fingerprint density at radius 3 is 2.30 bits per heavy atom. The second-order valence-electron chi connectivity index (χ2n) is 10.00. The van der Waals surface area contributed by atoms with E-state index in [4.69, 9.17) is 27.9 Å². The van der Waals surface area contributed by atoms with Gasteiger partial charge in [-0.2, -0.15) is 0 Å². The number of hydrogen-bond acceptors (Lipinski definition) is 5. The van der Waals surface area contributed by atoms with Crippen molar-refractivity contribution in [2.75, 3.05) is 23.4 Å². The highest BCUT2D eigenvalue weighted by Gasteiger charge is 2.29. The van der Waals surface area contributed by atoms with E-state index in [9.17, 15) is 19.5 Å². The summed E-state index contributed by atoms with van der Waals surface area (Å²) in [5.74, 6) is -1.90. The van der Waals surface area contributed by atoms with Gasteiger partial charge in [0, 0.05) is 23.2 Å². The molecule has 0 spiro atoms. The van der Waals surface area contributed by atoms with Gasteiger partial charge in [-0.3, -0.25) is 14.4 Å². The molecule has 1 aliphatic heterocycles. The molecule has 1 heterocycles. The number of aryl methyl sites for hydroxylation is 1. The number of hydrogen-bond donors (Lipinski definition) is 3. The van der Waals surface area contributed by atoms with Gasteiger partial charge in [-0.25, -0.2) is 0 Å². The Morgan fingerprint density at radius 2 is 1.65 bits per heavy atom. The van der Waals surface area contributed by atoms with Crippen LogP contribution in [0.2, 0.25) is 10.0 Å². The monoisotopic (exact) mass is 583 g/mol. The minimum absolute atomic E-state index is 0.0349. The molecule has 210 valence electrons. The third-order valence-electron chi connectivity index (χ3n) is 6.76. The fraction of sp³-hybridized carbons (Fsp3) is 0.300. The first-order chi connectivity index (χ1) is 19.0. The summed E-state index contributed by atoms with van der Waals surface area (Å²) >= 11 is 12.2. The summed E-state index contributed by atoms with van der Waals surface area (Å²) in [4.78, 5) is 40.4. The lowest BCUT2D eigenvalue weighted by Crippen LogP contribution is -2.50. The molecule has 1 aliphatic rings. The van der Waals surface area contributed by atoms with Gasteiger partial charge in [0.05, 0.1) is 47.1 Å². The van der Waals surface area contributed by atoms with E-state index < -0.39 is 17.9 Å². The largest absolute Gasteiger partial charge is 0.481 e. The Bertz CT molecular complexity index is 1420. The van der Waals surface area contributed by atoms with Crippen LogP contribution < -0.4 is 15.5 Å². The average molecular weight is 585 g/mol. The standard InChI is InChI=1S/C30H31Cl2N3O5/c1-17-5-4-6-21(11-17)29(38)34-26-13-22(8-10-27(26)35-18(2)15-40-16-19(35)3)30(39)33-25(14-28(36)37)20-7-9-23(31)24(32)12-20/h4-13,18-19,25H,14-16H2,1-3H3,(H,33,39)(H,34,38)(H,36,37). The molecule has 0 aliphatic carbocycles. The molecule has 3 N–H and O–H groups in total. The zero-order valence-corrected chi connectivity index (χ0v) is 23.9. The van der Waals surface area contributed by atoms with Crippen molar-refractivity contribution in [3.8, 4) is 0 Å². The van der Waals surface area contributed by atoms with E-state index in [0.29, 0.717) is 35.1 Å². The van der Waals surface area contributed by atoms with Crippen molar-refractivity contribution in [2.24, 2.45) is 0 Å². The van der Waals surface area contributed by atoms with Crippen LogP contribution in [0.5, 0.6) is 0 Å². The first kappa shape index (κ1) is 29.4. The van der Waals surface area contributed by atoms with E-state index in [1.807, 2.05) is 32.9 Å². The lowest BCUT2D eigenvalue weighted by Gasteiger charge is -2.41. The summed E-state index contributed by atoms with van der Waals surface area (Å²) in [6.45, 7) is 7.04. The van der Waals surface area contributed by atoms with Gasteiger partial charge in [-0.15, -0.1) is 0 Å². The number of carboxylic acid groups (broad SMARTS) is 1. The molecule has 0 saturated carbocycles. The highest BCUT2D eigenvalue weighted by molar-refractivity contribution is 6.42. The zero-order valence-electron chi connectivity index (χ0n) is 22.4. The third-order valence-corrected chi connectivity index (χ3v) is 7.50. The number of ether oxygens (including phenoxy) is 1. The van der Waals surface area contributed by atoms with Gasteiger partial charge in [-0.1, -0.05) is 47.0 Å². The fourth-order valence-electron chi connectivity index (χ4n) is 4.86. The van der Waals surface area contributed by atoms with Gasteiger partial charge in [0.15, 0.2) is 0 Å². The normalized spacial score (nSPS) is 17.7. The van der Waals surface area contributed by atoms with E-state index >= 15 is 0 Å². The molecule has 1 saturated heterocycles. The minimum Gasteiger partial charge on any atom is -0.481 e. The second-order valence-corrected chi connectivity index (χ2v) is 10.8. The minimum atomic E-state index is -1.09. The number of halogens is 2. The third kappa shape index (κ3) is 6.94. The Hall–Kier alpha value is -3.59. The van der Waals surface area contributed by atoms with Gasteiger partial charge in [0.1, 0.15) is 0 Å². The fourth-order valence-corrected chi connectivity index (χ4v) is 5.17. The molecule has 3 aromatic carbocycles. The lowest BCUT2D eigenvalue weighted by atomic mass is 10.0. The van der Waals surface area contributed by atoms with E-state index in [1.54, 1.807) is 42.5 Å². The molecule has 40 heavy (non-hydrogen) atoms. The number of carbonyl (C=O) groups is 3. The maximum Gasteiger partial charge on any atom is 0.305 e. The summed E-state index contributed by atoms with van der Waals surface area (Å²) in [7, 11) is 0. The molecule has 2 amide bonds. The number of amides is 2. The maximum absolute atomic E-state index is 13.4. The molecule has 1 fully saturated rings. The van der Waals surface area contributed by atoms with Crippen molar-refractivity contribution >= 4 is 52.4 Å². The van der Waals surface area contributed by atoms with E-state index in [0.717, 1.165) is 11.3 Å². The van der Waals surface area contributed by atoms with Crippen molar-refractivity contribution in [3.63, 3.8) is 0 Å². The van der Waals surface area contributed by atoms with E-state index in [2.05, 4.69) is 15.5 Å². The molecule has 3 atom stereocenters. The number of carboxylic acids is 1. The van der Waals surface area contributed by atoms with E-state index in [-0.39, 0.29) is 35.0 Å². The highest BCUT2D eigenvalue weighted by Crippen LogP contribution is 2.33. The Morgan fingerprint density at radius 1 is 0.950 bits per heavy atom. The quantitative estimate of drug-likeness (QED) is 0.295. The van der Waals surface area contributed by atoms with Crippen LogP contribution in [0, 0.1) is 6.92 Å². The number of nitrogens with zero attached hydrogens (tertiary/aromatic N) is 1. The van der Waals surface area contributed by atoms with Crippen LogP contribution in [0.3, 0.4) is 0 Å². The summed E-state index contributed by atoms with van der Waals surface area (Å²) in [5, 5.41) is 15.8. The predicted octanol–water partition coefficient (Wildman–Crippen LogP) is 6.11. The highest BCUT2D eigenvalue weighted by atomic mass is 35.5. The zero-order chi connectivity index (χ0) is 29.0. The molecular weight excluding hydrogens is 553 g/mol. The van der Waals surface area contributed by atoms with Crippen molar-refractivity contribution in [1.82, 2.24) is 5.32 Å². The Kier molecular flexibility index (Phi) is 9.35. The molecule has 0 bridgehead atoms. The molecule has 8 nitrogen and oxygen atoms in total. The van der Waals surface area contributed by atoms with Gasteiger partial charge in [-0.05, 0) is 68.8 Å². The van der Waals surface area contributed by atoms with Crippen molar-refractivity contribution in [2.45, 2.75) is 45.3 Å². The first-order valence-corrected chi connectivity index (χ1v) is 13.6. The van der Waals surface area contributed by atoms with Crippen LogP contribution in [0.1, 0.15) is 58.2 Å². The number of carbonyl (C=O) groups excluding carboxylic acids is 2. The van der Waals surface area contributed by atoms with Crippen LogP contribution in [-0.2, 0) is 9.53 Å². The first-order valence-electron chi connectivity index (χ1n) is 12.9. The summed E-state index contributed by atoms with van der Waals surface area (Å²) in [6.07, 6.45) is -0.360. The summed E-state index contributed by atoms with van der Waals surface area (Å²) in [5.41, 5.74) is 3.42. The Labute approximate surface area is 243 Å².